The van der Waals surface area contributed by atoms with E-state index < -0.39 is 0 Å². The Morgan fingerprint density at radius 1 is 1.43 bits per heavy atom. The summed E-state index contributed by atoms with van der Waals surface area (Å²) in [6.07, 6.45) is 1.64. The van der Waals surface area contributed by atoms with Gasteiger partial charge in [-0.2, -0.15) is 0 Å². The SMILES string of the molecule is CCC(C)(C(N)Cc1ccc(F)c(Cl)c1)N1CCOCC1. The number of nitrogens with zero attached hydrogens (tertiary/aromatic N) is 1. The highest BCUT2D eigenvalue weighted by atomic mass is 35.5. The largest absolute Gasteiger partial charge is 0.379 e. The van der Waals surface area contributed by atoms with Gasteiger partial charge in [-0.3, -0.25) is 4.90 Å². The van der Waals surface area contributed by atoms with E-state index >= 15 is 0 Å². The summed E-state index contributed by atoms with van der Waals surface area (Å²) in [5.41, 5.74) is 7.38. The maximum absolute atomic E-state index is 13.2. The quantitative estimate of drug-likeness (QED) is 0.908. The molecular weight excluding hydrogens is 291 g/mol. The molecule has 0 radical (unpaired) electrons. The van der Waals surface area contributed by atoms with Gasteiger partial charge in [-0.25, -0.2) is 4.39 Å². The normalized spacial score (nSPS) is 21.0. The van der Waals surface area contributed by atoms with Gasteiger partial charge < -0.3 is 10.5 Å². The third-order valence-corrected chi connectivity index (χ3v) is 4.98. The summed E-state index contributed by atoms with van der Waals surface area (Å²) in [5.74, 6) is -0.388. The number of hydrogen-bond donors (Lipinski definition) is 1. The Bertz CT molecular complexity index is 479. The zero-order valence-electron chi connectivity index (χ0n) is 12.7. The van der Waals surface area contributed by atoms with E-state index in [1.165, 1.54) is 6.07 Å². The Kier molecular flexibility index (Phi) is 5.60. The summed E-state index contributed by atoms with van der Waals surface area (Å²) in [7, 11) is 0. The van der Waals surface area contributed by atoms with Crippen molar-refractivity contribution in [3.8, 4) is 0 Å². The summed E-state index contributed by atoms with van der Waals surface area (Å²) in [5, 5.41) is 0.157. The van der Waals surface area contributed by atoms with Crippen molar-refractivity contribution >= 4 is 11.6 Å². The second-order valence-corrected chi connectivity index (χ2v) is 6.28. The molecule has 1 heterocycles. The smallest absolute Gasteiger partial charge is 0.141 e. The summed E-state index contributed by atoms with van der Waals surface area (Å²) in [4.78, 5) is 2.41. The van der Waals surface area contributed by atoms with Crippen LogP contribution in [0, 0.1) is 5.82 Å². The molecule has 2 unspecified atom stereocenters. The molecule has 0 aliphatic carbocycles. The van der Waals surface area contributed by atoms with Crippen LogP contribution in [-0.2, 0) is 11.2 Å². The Labute approximate surface area is 131 Å². The summed E-state index contributed by atoms with van der Waals surface area (Å²) >= 11 is 5.85. The number of nitrogens with two attached hydrogens (primary N) is 1. The molecule has 0 amide bonds. The first-order chi connectivity index (χ1) is 9.97. The van der Waals surface area contributed by atoms with Gasteiger partial charge in [0, 0.05) is 24.7 Å². The van der Waals surface area contributed by atoms with E-state index in [-0.39, 0.29) is 22.4 Å². The van der Waals surface area contributed by atoms with Crippen molar-refractivity contribution in [2.24, 2.45) is 5.73 Å². The van der Waals surface area contributed by atoms with Crippen LogP contribution in [0.2, 0.25) is 5.02 Å². The molecular formula is C16H24ClFN2O. The van der Waals surface area contributed by atoms with Crippen LogP contribution in [0.1, 0.15) is 25.8 Å². The number of hydrogen-bond acceptors (Lipinski definition) is 3. The molecule has 0 saturated carbocycles. The van der Waals surface area contributed by atoms with Crippen molar-refractivity contribution in [2.45, 2.75) is 38.3 Å². The van der Waals surface area contributed by atoms with Crippen LogP contribution in [0.4, 0.5) is 4.39 Å². The minimum Gasteiger partial charge on any atom is -0.379 e. The van der Waals surface area contributed by atoms with Crippen LogP contribution in [0.15, 0.2) is 18.2 Å². The lowest BCUT2D eigenvalue weighted by Gasteiger charge is -2.46. The lowest BCUT2D eigenvalue weighted by atomic mass is 9.84. The average molecular weight is 315 g/mol. The van der Waals surface area contributed by atoms with Gasteiger partial charge in [-0.1, -0.05) is 24.6 Å². The van der Waals surface area contributed by atoms with Crippen LogP contribution in [0.3, 0.4) is 0 Å². The highest BCUT2D eigenvalue weighted by molar-refractivity contribution is 6.30. The Balaban J connectivity index is 2.11. The van der Waals surface area contributed by atoms with E-state index in [4.69, 9.17) is 22.1 Å². The number of benzene rings is 1. The van der Waals surface area contributed by atoms with Crippen molar-refractivity contribution < 1.29 is 9.13 Å². The summed E-state index contributed by atoms with van der Waals surface area (Å²) < 4.78 is 18.7. The van der Waals surface area contributed by atoms with E-state index in [0.717, 1.165) is 38.3 Å². The van der Waals surface area contributed by atoms with Crippen molar-refractivity contribution in [3.63, 3.8) is 0 Å². The monoisotopic (exact) mass is 314 g/mol. The molecule has 1 aliphatic heterocycles. The Hall–Kier alpha value is -0.680. The Morgan fingerprint density at radius 2 is 2.10 bits per heavy atom. The first-order valence-electron chi connectivity index (χ1n) is 7.49. The molecule has 5 heteroatoms. The number of halogens is 2. The maximum atomic E-state index is 13.2. The molecule has 1 aromatic carbocycles. The highest BCUT2D eigenvalue weighted by Gasteiger charge is 2.36. The zero-order chi connectivity index (χ0) is 15.5. The fraction of sp³-hybridized carbons (Fsp3) is 0.625. The van der Waals surface area contributed by atoms with Gasteiger partial charge in [0.25, 0.3) is 0 Å². The second-order valence-electron chi connectivity index (χ2n) is 5.87. The zero-order valence-corrected chi connectivity index (χ0v) is 13.5. The Morgan fingerprint density at radius 3 is 2.67 bits per heavy atom. The predicted octanol–water partition coefficient (Wildman–Crippen LogP) is 2.85. The van der Waals surface area contributed by atoms with E-state index in [2.05, 4.69) is 18.7 Å². The number of ether oxygens (including phenoxy) is 1. The van der Waals surface area contributed by atoms with E-state index in [1.54, 1.807) is 12.1 Å². The van der Waals surface area contributed by atoms with Gasteiger partial charge in [-0.15, -0.1) is 0 Å². The molecule has 2 rings (SSSR count). The van der Waals surface area contributed by atoms with E-state index in [9.17, 15) is 4.39 Å². The van der Waals surface area contributed by atoms with E-state index in [1.807, 2.05) is 0 Å². The number of morpholine rings is 1. The third kappa shape index (κ3) is 3.75. The van der Waals surface area contributed by atoms with Gasteiger partial charge in [0.15, 0.2) is 0 Å². The summed E-state index contributed by atoms with van der Waals surface area (Å²) in [6.45, 7) is 7.68. The van der Waals surface area contributed by atoms with Crippen molar-refractivity contribution in [2.75, 3.05) is 26.3 Å². The van der Waals surface area contributed by atoms with Gasteiger partial charge in [0.1, 0.15) is 5.82 Å². The van der Waals surface area contributed by atoms with Crippen molar-refractivity contribution in [3.05, 3.63) is 34.6 Å². The lowest BCUT2D eigenvalue weighted by Crippen LogP contribution is -2.61. The maximum Gasteiger partial charge on any atom is 0.141 e. The molecule has 21 heavy (non-hydrogen) atoms. The minimum absolute atomic E-state index is 0.0397. The fourth-order valence-electron chi connectivity index (χ4n) is 2.93. The fourth-order valence-corrected chi connectivity index (χ4v) is 3.14. The molecule has 1 aromatic rings. The molecule has 2 atom stereocenters. The third-order valence-electron chi connectivity index (χ3n) is 4.69. The topological polar surface area (TPSA) is 38.5 Å². The van der Waals surface area contributed by atoms with Crippen LogP contribution in [0.5, 0.6) is 0 Å². The minimum atomic E-state index is -0.388. The number of rotatable bonds is 5. The van der Waals surface area contributed by atoms with Gasteiger partial charge >= 0.3 is 0 Å². The van der Waals surface area contributed by atoms with Crippen LogP contribution >= 0.6 is 11.6 Å². The lowest BCUT2D eigenvalue weighted by molar-refractivity contribution is -0.0272. The molecule has 0 spiro atoms. The van der Waals surface area contributed by atoms with Gasteiger partial charge in [0.2, 0.25) is 0 Å². The first-order valence-corrected chi connectivity index (χ1v) is 7.87. The van der Waals surface area contributed by atoms with Crippen molar-refractivity contribution in [1.29, 1.82) is 0 Å². The van der Waals surface area contributed by atoms with E-state index in [0.29, 0.717) is 6.42 Å². The predicted molar refractivity (Wildman–Crippen MR) is 84.2 cm³/mol. The standard InChI is InChI=1S/C16H24ClFN2O/c1-3-16(2,20-6-8-21-9-7-20)15(19)11-12-4-5-14(18)13(17)10-12/h4-5,10,15H,3,6-9,11,19H2,1-2H3. The molecule has 1 fully saturated rings. The highest BCUT2D eigenvalue weighted by Crippen LogP contribution is 2.27. The van der Waals surface area contributed by atoms with Gasteiger partial charge in [-0.05, 0) is 37.5 Å². The second kappa shape index (κ2) is 7.05. The average Bonchev–Trinajstić information content (AvgIpc) is 2.51. The molecule has 1 saturated heterocycles. The van der Waals surface area contributed by atoms with Crippen LogP contribution in [-0.4, -0.2) is 42.8 Å². The molecule has 0 bridgehead atoms. The summed E-state index contributed by atoms with van der Waals surface area (Å²) in [6, 6.07) is 4.80. The molecule has 3 nitrogen and oxygen atoms in total. The van der Waals surface area contributed by atoms with Crippen LogP contribution in [0.25, 0.3) is 0 Å². The molecule has 2 N–H and O–H groups in total. The van der Waals surface area contributed by atoms with Gasteiger partial charge in [0.05, 0.1) is 18.2 Å². The first kappa shape index (κ1) is 16.7. The molecule has 1 aliphatic rings. The molecule has 118 valence electrons. The molecule has 0 aromatic heterocycles. The van der Waals surface area contributed by atoms with Crippen LogP contribution < -0.4 is 5.73 Å². The van der Waals surface area contributed by atoms with Crippen molar-refractivity contribution in [1.82, 2.24) is 4.90 Å².